The number of hydrogen-bond donors (Lipinski definition) is 0. The van der Waals surface area contributed by atoms with Crippen molar-refractivity contribution in [3.63, 3.8) is 0 Å². The highest BCUT2D eigenvalue weighted by Crippen LogP contribution is 2.32. The van der Waals surface area contributed by atoms with Crippen LogP contribution in [0, 0.1) is 0 Å². The Kier molecular flexibility index (Phi) is 5.07. The van der Waals surface area contributed by atoms with Gasteiger partial charge in [0.1, 0.15) is 5.57 Å². The van der Waals surface area contributed by atoms with Crippen LogP contribution in [0.3, 0.4) is 0 Å². The van der Waals surface area contributed by atoms with Crippen molar-refractivity contribution in [3.8, 4) is 0 Å². The van der Waals surface area contributed by atoms with Crippen LogP contribution in [-0.4, -0.2) is 48.3 Å². The van der Waals surface area contributed by atoms with Crippen molar-refractivity contribution < 1.29 is 14.4 Å². The summed E-state index contributed by atoms with van der Waals surface area (Å²) >= 11 is 0. The number of hydrogen-bond acceptors (Lipinski definition) is 4. The van der Waals surface area contributed by atoms with Crippen LogP contribution in [0.1, 0.15) is 12.5 Å². The predicted molar refractivity (Wildman–Crippen MR) is 105 cm³/mol. The van der Waals surface area contributed by atoms with Crippen molar-refractivity contribution in [2.75, 3.05) is 25.5 Å². The number of anilines is 1. The normalized spacial score (nSPS) is 18.8. The number of imide groups is 2. The number of amides is 4. The van der Waals surface area contributed by atoms with Crippen LogP contribution >= 0.6 is 0 Å². The maximum Gasteiger partial charge on any atom is 0.333 e. The fraction of sp³-hybridized carbons (Fsp3) is 0.190. The summed E-state index contributed by atoms with van der Waals surface area (Å²) in [5.41, 5.74) is 3.26. The molecule has 1 fully saturated rings. The first-order chi connectivity index (χ1) is 13.0. The second-order valence-electron chi connectivity index (χ2n) is 6.22. The van der Waals surface area contributed by atoms with E-state index in [1.807, 2.05) is 30.5 Å². The lowest BCUT2D eigenvalue weighted by atomic mass is 9.99. The third-order valence-electron chi connectivity index (χ3n) is 4.59. The number of fused-ring (bicyclic) bond motifs is 1. The highest BCUT2D eigenvalue weighted by molar-refractivity contribution is 6.28. The zero-order chi connectivity index (χ0) is 19.6. The van der Waals surface area contributed by atoms with Gasteiger partial charge in [0.25, 0.3) is 11.8 Å². The fourth-order valence-corrected chi connectivity index (χ4v) is 3.03. The second-order valence-corrected chi connectivity index (χ2v) is 6.22. The molecule has 6 nitrogen and oxygen atoms in total. The van der Waals surface area contributed by atoms with Gasteiger partial charge in [0.2, 0.25) is 0 Å². The number of rotatable bonds is 3. The Hall–Kier alpha value is -3.41. The maximum absolute atomic E-state index is 12.1. The van der Waals surface area contributed by atoms with E-state index >= 15 is 0 Å². The smallest absolute Gasteiger partial charge is 0.333 e. The average Bonchev–Trinajstić information content (AvgIpc) is 2.70. The zero-order valence-electron chi connectivity index (χ0n) is 15.5. The molecule has 0 unspecified atom stereocenters. The number of nitrogens with zero attached hydrogens (tertiary/aromatic N) is 3. The molecule has 0 saturated carbocycles. The Morgan fingerprint density at radius 3 is 2.22 bits per heavy atom. The summed E-state index contributed by atoms with van der Waals surface area (Å²) < 4.78 is 0. The summed E-state index contributed by atoms with van der Waals surface area (Å²) in [5, 5.41) is 0. The molecule has 2 aliphatic rings. The number of barbiturate groups is 1. The van der Waals surface area contributed by atoms with Crippen LogP contribution in [0.5, 0.6) is 0 Å². The summed E-state index contributed by atoms with van der Waals surface area (Å²) in [6.45, 7) is 2.98. The van der Waals surface area contributed by atoms with Crippen molar-refractivity contribution in [1.82, 2.24) is 9.80 Å². The molecule has 0 aliphatic carbocycles. The van der Waals surface area contributed by atoms with Crippen molar-refractivity contribution in [3.05, 3.63) is 72.0 Å². The number of carbonyl (C=O) groups excluding carboxylic acids is 3. The molecule has 0 radical (unpaired) electrons. The molecule has 2 aliphatic heterocycles. The molecule has 0 aromatic heterocycles. The van der Waals surface area contributed by atoms with E-state index < -0.39 is 17.8 Å². The molecule has 0 N–H and O–H groups in total. The van der Waals surface area contributed by atoms with Crippen LogP contribution in [0.15, 0.2) is 66.4 Å². The van der Waals surface area contributed by atoms with Crippen LogP contribution in [0.25, 0.3) is 5.57 Å². The van der Waals surface area contributed by atoms with E-state index in [0.29, 0.717) is 0 Å². The van der Waals surface area contributed by atoms with E-state index in [2.05, 4.69) is 24.0 Å². The first kappa shape index (κ1) is 18.4. The summed E-state index contributed by atoms with van der Waals surface area (Å²) in [6.07, 6.45) is 10.8. The summed E-state index contributed by atoms with van der Waals surface area (Å²) in [5.74, 6) is -1.19. The van der Waals surface area contributed by atoms with E-state index in [1.54, 1.807) is 12.2 Å². The molecule has 2 heterocycles. The van der Waals surface area contributed by atoms with Gasteiger partial charge in [0.15, 0.2) is 0 Å². The minimum Gasteiger partial charge on any atom is -0.348 e. The van der Waals surface area contributed by atoms with Crippen molar-refractivity contribution >= 4 is 29.1 Å². The SMILES string of the molecule is CCN1C=CC(=CC=CC=C2C(=O)N(C)C(=O)N(C)C2=O)c2ccccc21. The van der Waals surface area contributed by atoms with Gasteiger partial charge in [0.05, 0.1) is 0 Å². The molecular weight excluding hydrogens is 342 g/mol. The fourth-order valence-electron chi connectivity index (χ4n) is 3.03. The lowest BCUT2D eigenvalue weighted by Gasteiger charge is -2.28. The largest absolute Gasteiger partial charge is 0.348 e. The van der Waals surface area contributed by atoms with Crippen molar-refractivity contribution in [2.45, 2.75) is 6.92 Å². The molecule has 0 spiro atoms. The van der Waals surface area contributed by atoms with Crippen LogP contribution < -0.4 is 4.90 Å². The van der Waals surface area contributed by atoms with Crippen molar-refractivity contribution in [2.24, 2.45) is 0 Å². The summed E-state index contributed by atoms with van der Waals surface area (Å²) in [7, 11) is 2.72. The molecule has 27 heavy (non-hydrogen) atoms. The highest BCUT2D eigenvalue weighted by Gasteiger charge is 2.37. The molecule has 1 aromatic rings. The molecular formula is C21H21N3O3. The van der Waals surface area contributed by atoms with Gasteiger partial charge in [-0.1, -0.05) is 36.4 Å². The monoisotopic (exact) mass is 363 g/mol. The van der Waals surface area contributed by atoms with Crippen LogP contribution in [0.2, 0.25) is 0 Å². The van der Waals surface area contributed by atoms with Gasteiger partial charge in [0, 0.05) is 38.1 Å². The lowest BCUT2D eigenvalue weighted by molar-refractivity contribution is -0.134. The van der Waals surface area contributed by atoms with E-state index in [4.69, 9.17) is 0 Å². The second kappa shape index (κ2) is 7.45. The Morgan fingerprint density at radius 2 is 1.56 bits per heavy atom. The highest BCUT2D eigenvalue weighted by atomic mass is 16.2. The standard InChI is InChI=1S/C21H21N3O3/c1-4-24-14-13-15(16-10-7-8-12-18(16)24)9-5-6-11-17-19(25)22(2)21(27)23(3)20(17)26/h5-14H,4H2,1-3H3. The van der Waals surface area contributed by atoms with Gasteiger partial charge in [-0.05, 0) is 30.7 Å². The third kappa shape index (κ3) is 3.33. The Morgan fingerprint density at radius 1 is 0.926 bits per heavy atom. The van der Waals surface area contributed by atoms with E-state index in [-0.39, 0.29) is 5.57 Å². The lowest BCUT2D eigenvalue weighted by Crippen LogP contribution is -2.52. The van der Waals surface area contributed by atoms with Gasteiger partial charge < -0.3 is 4.90 Å². The minimum absolute atomic E-state index is 0.0361. The zero-order valence-corrected chi connectivity index (χ0v) is 15.5. The van der Waals surface area contributed by atoms with E-state index in [0.717, 1.165) is 33.2 Å². The molecule has 1 saturated heterocycles. The van der Waals surface area contributed by atoms with Gasteiger partial charge >= 0.3 is 6.03 Å². The van der Waals surface area contributed by atoms with Gasteiger partial charge in [-0.25, -0.2) is 4.79 Å². The van der Waals surface area contributed by atoms with Crippen molar-refractivity contribution in [1.29, 1.82) is 0 Å². The summed E-state index contributed by atoms with van der Waals surface area (Å²) in [6, 6.07) is 7.51. The summed E-state index contributed by atoms with van der Waals surface area (Å²) in [4.78, 5) is 40.1. The van der Waals surface area contributed by atoms with E-state index in [1.165, 1.54) is 20.2 Å². The maximum atomic E-state index is 12.1. The van der Waals surface area contributed by atoms with E-state index in [9.17, 15) is 14.4 Å². The van der Waals surface area contributed by atoms with Gasteiger partial charge in [-0.3, -0.25) is 19.4 Å². The first-order valence-corrected chi connectivity index (χ1v) is 8.68. The number of para-hydroxylation sites is 1. The average molecular weight is 363 g/mol. The topological polar surface area (TPSA) is 60.9 Å². The third-order valence-corrected chi connectivity index (χ3v) is 4.59. The molecule has 4 amide bonds. The number of benzene rings is 1. The quantitative estimate of drug-likeness (QED) is 0.612. The minimum atomic E-state index is -0.627. The van der Waals surface area contributed by atoms with Crippen LogP contribution in [0.4, 0.5) is 10.5 Å². The number of urea groups is 1. The number of likely N-dealkylation sites (N-methyl/N-ethyl adjacent to an activating group) is 2. The molecule has 3 rings (SSSR count). The molecule has 1 aromatic carbocycles. The molecule has 0 bridgehead atoms. The molecule has 6 heteroatoms. The Balaban J connectivity index is 1.85. The first-order valence-electron chi connectivity index (χ1n) is 8.68. The number of carbonyl (C=O) groups is 3. The number of allylic oxidation sites excluding steroid dienone is 6. The Bertz CT molecular complexity index is 898. The molecule has 0 atom stereocenters. The van der Waals surface area contributed by atoms with Gasteiger partial charge in [-0.15, -0.1) is 0 Å². The van der Waals surface area contributed by atoms with Crippen LogP contribution in [-0.2, 0) is 9.59 Å². The molecule has 138 valence electrons. The predicted octanol–water partition coefficient (Wildman–Crippen LogP) is 2.96. The Labute approximate surface area is 158 Å². The van der Waals surface area contributed by atoms with Gasteiger partial charge in [-0.2, -0.15) is 0 Å².